The number of allylic oxidation sites excluding steroid dienone is 4. The first-order valence-corrected chi connectivity index (χ1v) is 3.91. The fourth-order valence-corrected chi connectivity index (χ4v) is 1.21. The predicted octanol–water partition coefficient (Wildman–Crippen LogP) is 2.64. The number of halogens is 3. The number of Topliss-reactive ketones (excluding diaryl/α,β-unsaturated/α-hetero) is 1. The highest BCUT2D eigenvalue weighted by Gasteiger charge is 2.41. The molecule has 13 heavy (non-hydrogen) atoms. The van der Waals surface area contributed by atoms with Gasteiger partial charge in [0.25, 0.3) is 5.78 Å². The Bertz CT molecular complexity index is 273. The molecule has 1 aliphatic carbocycles. The Kier molecular flexibility index (Phi) is 2.59. The molecule has 0 saturated heterocycles. The summed E-state index contributed by atoms with van der Waals surface area (Å²) in [6.45, 7) is 1.61. The fourth-order valence-electron chi connectivity index (χ4n) is 1.21. The average molecular weight is 190 g/mol. The molecule has 0 aromatic rings. The first-order chi connectivity index (χ1) is 5.93. The zero-order valence-corrected chi connectivity index (χ0v) is 7.06. The lowest BCUT2D eigenvalue weighted by molar-refractivity contribution is -0.167. The van der Waals surface area contributed by atoms with Crippen LogP contribution in [0.25, 0.3) is 0 Å². The smallest absolute Gasteiger partial charge is 0.284 e. The molecule has 1 atom stereocenters. The largest absolute Gasteiger partial charge is 0.454 e. The standard InChI is InChI=1S/C9H9F3O/c1-6-4-2-3-5-7(6)8(13)9(10,11)12/h2-3,5-6H,4H2,1H3. The minimum Gasteiger partial charge on any atom is -0.284 e. The second-order valence-electron chi connectivity index (χ2n) is 3.01. The molecule has 0 bridgehead atoms. The number of rotatable bonds is 1. The van der Waals surface area contributed by atoms with Gasteiger partial charge in [-0.15, -0.1) is 0 Å². The Balaban J connectivity index is 2.88. The predicted molar refractivity (Wildman–Crippen MR) is 42.1 cm³/mol. The third-order valence-electron chi connectivity index (χ3n) is 1.95. The summed E-state index contributed by atoms with van der Waals surface area (Å²) in [5.74, 6) is -2.05. The fraction of sp³-hybridized carbons (Fsp3) is 0.444. The summed E-state index contributed by atoms with van der Waals surface area (Å²) in [6, 6.07) is 0. The van der Waals surface area contributed by atoms with E-state index in [-0.39, 0.29) is 11.5 Å². The van der Waals surface area contributed by atoms with Crippen LogP contribution in [0.5, 0.6) is 0 Å². The normalized spacial score (nSPS) is 22.8. The lowest BCUT2D eigenvalue weighted by Gasteiger charge is -2.16. The maximum atomic E-state index is 12.0. The molecule has 1 aliphatic rings. The van der Waals surface area contributed by atoms with E-state index in [9.17, 15) is 18.0 Å². The molecule has 0 aromatic heterocycles. The molecule has 4 heteroatoms. The number of carbonyl (C=O) groups excluding carboxylic acids is 1. The number of alkyl halides is 3. The van der Waals surface area contributed by atoms with E-state index >= 15 is 0 Å². The van der Waals surface area contributed by atoms with Gasteiger partial charge in [0.15, 0.2) is 0 Å². The van der Waals surface area contributed by atoms with E-state index < -0.39 is 12.0 Å². The quantitative estimate of drug-likeness (QED) is 0.621. The lowest BCUT2D eigenvalue weighted by Crippen LogP contribution is -2.27. The highest BCUT2D eigenvalue weighted by atomic mass is 19.4. The van der Waals surface area contributed by atoms with Gasteiger partial charge in [0.05, 0.1) is 0 Å². The van der Waals surface area contributed by atoms with Crippen LogP contribution in [0.3, 0.4) is 0 Å². The average Bonchev–Trinajstić information content (AvgIpc) is 2.02. The van der Waals surface area contributed by atoms with Crippen LogP contribution in [0, 0.1) is 5.92 Å². The Hall–Kier alpha value is -1.06. The van der Waals surface area contributed by atoms with E-state index in [1.807, 2.05) is 0 Å². The molecular formula is C9H9F3O. The Morgan fingerprint density at radius 3 is 2.62 bits per heavy atom. The molecule has 72 valence electrons. The highest BCUT2D eigenvalue weighted by molar-refractivity contribution is 6.00. The molecule has 0 radical (unpaired) electrons. The summed E-state index contributed by atoms with van der Waals surface area (Å²) in [6.07, 6.45) is 0.222. The van der Waals surface area contributed by atoms with E-state index in [1.165, 1.54) is 12.2 Å². The van der Waals surface area contributed by atoms with Crippen LogP contribution >= 0.6 is 0 Å². The zero-order valence-electron chi connectivity index (χ0n) is 7.06. The van der Waals surface area contributed by atoms with Gasteiger partial charge in [-0.1, -0.05) is 25.2 Å². The number of hydrogen-bond acceptors (Lipinski definition) is 1. The van der Waals surface area contributed by atoms with Gasteiger partial charge in [0, 0.05) is 5.57 Å². The van der Waals surface area contributed by atoms with Gasteiger partial charge in [0.1, 0.15) is 0 Å². The third kappa shape index (κ3) is 2.20. The van der Waals surface area contributed by atoms with E-state index in [4.69, 9.17) is 0 Å². The summed E-state index contributed by atoms with van der Waals surface area (Å²) in [4.78, 5) is 10.8. The van der Waals surface area contributed by atoms with Crippen LogP contribution in [0.2, 0.25) is 0 Å². The highest BCUT2D eigenvalue weighted by Crippen LogP contribution is 2.28. The van der Waals surface area contributed by atoms with Crippen molar-refractivity contribution in [3.05, 3.63) is 23.8 Å². The van der Waals surface area contributed by atoms with Crippen molar-refractivity contribution in [2.75, 3.05) is 0 Å². The van der Waals surface area contributed by atoms with Crippen molar-refractivity contribution in [2.24, 2.45) is 5.92 Å². The van der Waals surface area contributed by atoms with Crippen LogP contribution in [0.4, 0.5) is 13.2 Å². The van der Waals surface area contributed by atoms with Gasteiger partial charge in [-0.2, -0.15) is 13.2 Å². The van der Waals surface area contributed by atoms with Crippen molar-refractivity contribution >= 4 is 5.78 Å². The van der Waals surface area contributed by atoms with Crippen molar-refractivity contribution in [3.8, 4) is 0 Å². The second-order valence-corrected chi connectivity index (χ2v) is 3.01. The minimum absolute atomic E-state index is 0.144. The van der Waals surface area contributed by atoms with E-state index in [0.717, 1.165) is 0 Å². The number of hydrogen-bond donors (Lipinski definition) is 0. The molecular weight excluding hydrogens is 181 g/mol. The molecule has 0 spiro atoms. The molecule has 0 aromatic carbocycles. The molecule has 0 amide bonds. The van der Waals surface area contributed by atoms with Crippen molar-refractivity contribution in [1.29, 1.82) is 0 Å². The first kappa shape index (κ1) is 10.0. The van der Waals surface area contributed by atoms with Crippen molar-refractivity contribution < 1.29 is 18.0 Å². The molecule has 1 unspecified atom stereocenters. The van der Waals surface area contributed by atoms with E-state index in [0.29, 0.717) is 6.42 Å². The Morgan fingerprint density at radius 2 is 2.15 bits per heavy atom. The van der Waals surface area contributed by atoms with Crippen molar-refractivity contribution in [1.82, 2.24) is 0 Å². The Labute approximate surface area is 73.9 Å². The lowest BCUT2D eigenvalue weighted by atomic mass is 9.90. The number of carbonyl (C=O) groups is 1. The van der Waals surface area contributed by atoms with Crippen molar-refractivity contribution in [2.45, 2.75) is 19.5 Å². The first-order valence-electron chi connectivity index (χ1n) is 3.91. The van der Waals surface area contributed by atoms with Crippen molar-refractivity contribution in [3.63, 3.8) is 0 Å². The van der Waals surface area contributed by atoms with Crippen LogP contribution < -0.4 is 0 Å². The summed E-state index contributed by atoms with van der Waals surface area (Å²) in [5.41, 5.74) is -0.144. The van der Waals surface area contributed by atoms with Gasteiger partial charge in [-0.3, -0.25) is 4.79 Å². The molecule has 0 saturated carbocycles. The van der Waals surface area contributed by atoms with E-state index in [1.54, 1.807) is 13.0 Å². The maximum absolute atomic E-state index is 12.0. The maximum Gasteiger partial charge on any atom is 0.454 e. The molecule has 0 aliphatic heterocycles. The van der Waals surface area contributed by atoms with Gasteiger partial charge < -0.3 is 0 Å². The molecule has 1 nitrogen and oxygen atoms in total. The molecule has 0 N–H and O–H groups in total. The molecule has 1 rings (SSSR count). The van der Waals surface area contributed by atoms with Crippen LogP contribution in [-0.2, 0) is 4.79 Å². The van der Waals surface area contributed by atoms with Gasteiger partial charge in [0.2, 0.25) is 0 Å². The van der Waals surface area contributed by atoms with Crippen LogP contribution in [0.15, 0.2) is 23.8 Å². The third-order valence-corrected chi connectivity index (χ3v) is 1.95. The second kappa shape index (κ2) is 3.36. The summed E-state index contributed by atoms with van der Waals surface area (Å²) < 4.78 is 36.0. The van der Waals surface area contributed by atoms with Gasteiger partial charge >= 0.3 is 6.18 Å². The van der Waals surface area contributed by atoms with Crippen LogP contribution in [-0.4, -0.2) is 12.0 Å². The number of ketones is 1. The summed E-state index contributed by atoms with van der Waals surface area (Å²) in [7, 11) is 0. The minimum atomic E-state index is -4.74. The zero-order chi connectivity index (χ0) is 10.1. The SMILES string of the molecule is CC1CC=CC=C1C(=O)C(F)(F)F. The van der Waals surface area contributed by atoms with Gasteiger partial charge in [-0.05, 0) is 12.3 Å². The topological polar surface area (TPSA) is 17.1 Å². The summed E-state index contributed by atoms with van der Waals surface area (Å²) in [5, 5.41) is 0. The van der Waals surface area contributed by atoms with Gasteiger partial charge in [-0.25, -0.2) is 0 Å². The molecule has 0 heterocycles. The van der Waals surface area contributed by atoms with Crippen LogP contribution in [0.1, 0.15) is 13.3 Å². The monoisotopic (exact) mass is 190 g/mol. The summed E-state index contributed by atoms with van der Waals surface area (Å²) >= 11 is 0. The van der Waals surface area contributed by atoms with E-state index in [2.05, 4.69) is 0 Å². The Morgan fingerprint density at radius 1 is 1.54 bits per heavy atom. The molecule has 0 fully saturated rings.